The molecule has 8 heteroatoms. The Labute approximate surface area is 185 Å². The van der Waals surface area contributed by atoms with Gasteiger partial charge in [0.1, 0.15) is 12.2 Å². The van der Waals surface area contributed by atoms with E-state index in [0.29, 0.717) is 24.2 Å². The van der Waals surface area contributed by atoms with E-state index in [1.807, 2.05) is 22.9 Å². The van der Waals surface area contributed by atoms with E-state index in [1.54, 1.807) is 30.5 Å². The number of amides is 3. The van der Waals surface area contributed by atoms with Crippen LogP contribution in [0.3, 0.4) is 0 Å². The first kappa shape index (κ1) is 20.1. The smallest absolute Gasteiger partial charge is 0.262 e. The SMILES string of the molecule is O=C(CN1C(=O)c2ccccc2C1=O)NCCn1nc(-c2ccccn2)c2c1CCCC2. The molecule has 0 atom stereocenters. The third-order valence-corrected chi connectivity index (χ3v) is 5.99. The Bertz CT molecular complexity index is 1170. The van der Waals surface area contributed by atoms with Crippen molar-refractivity contribution in [3.63, 3.8) is 0 Å². The molecule has 0 spiro atoms. The van der Waals surface area contributed by atoms with Gasteiger partial charge >= 0.3 is 0 Å². The number of nitrogens with one attached hydrogen (secondary N) is 1. The van der Waals surface area contributed by atoms with E-state index in [0.717, 1.165) is 42.0 Å². The fraction of sp³-hybridized carbons (Fsp3) is 0.292. The van der Waals surface area contributed by atoms with Crippen LogP contribution in [0.2, 0.25) is 0 Å². The van der Waals surface area contributed by atoms with Crippen LogP contribution >= 0.6 is 0 Å². The molecular weight excluding hydrogens is 406 g/mol. The maximum Gasteiger partial charge on any atom is 0.262 e. The van der Waals surface area contributed by atoms with Gasteiger partial charge in [0.25, 0.3) is 11.8 Å². The highest BCUT2D eigenvalue weighted by atomic mass is 16.2. The molecule has 3 aromatic rings. The average Bonchev–Trinajstić information content (AvgIpc) is 3.31. The molecule has 5 rings (SSSR count). The summed E-state index contributed by atoms with van der Waals surface area (Å²) in [5, 5.41) is 7.62. The maximum absolute atomic E-state index is 12.4. The van der Waals surface area contributed by atoms with Crippen molar-refractivity contribution in [2.45, 2.75) is 32.2 Å². The summed E-state index contributed by atoms with van der Waals surface area (Å²) in [6, 6.07) is 12.4. The molecule has 1 aliphatic carbocycles. The van der Waals surface area contributed by atoms with Gasteiger partial charge in [-0.2, -0.15) is 5.10 Å². The van der Waals surface area contributed by atoms with E-state index in [-0.39, 0.29) is 12.5 Å². The van der Waals surface area contributed by atoms with Gasteiger partial charge in [0.2, 0.25) is 5.91 Å². The minimum Gasteiger partial charge on any atom is -0.353 e. The van der Waals surface area contributed by atoms with Crippen LogP contribution in [0.4, 0.5) is 0 Å². The number of fused-ring (bicyclic) bond motifs is 2. The van der Waals surface area contributed by atoms with Gasteiger partial charge in [-0.15, -0.1) is 0 Å². The quantitative estimate of drug-likeness (QED) is 0.606. The topological polar surface area (TPSA) is 97.2 Å². The van der Waals surface area contributed by atoms with Crippen LogP contribution in [0.1, 0.15) is 44.8 Å². The molecule has 2 aromatic heterocycles. The summed E-state index contributed by atoms with van der Waals surface area (Å²) < 4.78 is 1.96. The number of hydrogen-bond donors (Lipinski definition) is 1. The first-order valence-electron chi connectivity index (χ1n) is 10.9. The van der Waals surface area contributed by atoms with Gasteiger partial charge in [-0.05, 0) is 49.9 Å². The van der Waals surface area contributed by atoms with Crippen LogP contribution in [0.25, 0.3) is 11.4 Å². The molecule has 0 fully saturated rings. The van der Waals surface area contributed by atoms with E-state index >= 15 is 0 Å². The van der Waals surface area contributed by atoms with Crippen molar-refractivity contribution in [3.05, 3.63) is 71.0 Å². The van der Waals surface area contributed by atoms with Crippen LogP contribution in [0.5, 0.6) is 0 Å². The molecule has 0 saturated carbocycles. The molecule has 1 aliphatic heterocycles. The number of imide groups is 1. The number of pyridine rings is 1. The average molecular weight is 429 g/mol. The molecule has 1 N–H and O–H groups in total. The van der Waals surface area contributed by atoms with Gasteiger partial charge in [0, 0.05) is 24.0 Å². The number of aromatic nitrogens is 3. The highest BCUT2D eigenvalue weighted by Crippen LogP contribution is 2.30. The molecule has 1 aromatic carbocycles. The third kappa shape index (κ3) is 3.57. The molecule has 0 unspecified atom stereocenters. The first-order chi connectivity index (χ1) is 15.6. The summed E-state index contributed by atoms with van der Waals surface area (Å²) in [4.78, 5) is 42.8. The largest absolute Gasteiger partial charge is 0.353 e. The fourth-order valence-electron chi connectivity index (χ4n) is 4.45. The highest BCUT2D eigenvalue weighted by Gasteiger charge is 2.36. The van der Waals surface area contributed by atoms with Crippen molar-refractivity contribution in [3.8, 4) is 11.4 Å². The summed E-state index contributed by atoms with van der Waals surface area (Å²) in [6.07, 6.45) is 5.95. The Morgan fingerprint density at radius 2 is 1.69 bits per heavy atom. The van der Waals surface area contributed by atoms with Gasteiger partial charge in [0.15, 0.2) is 0 Å². The third-order valence-electron chi connectivity index (χ3n) is 5.99. The zero-order chi connectivity index (χ0) is 22.1. The molecule has 3 amide bonds. The van der Waals surface area contributed by atoms with Crippen LogP contribution in [0.15, 0.2) is 48.7 Å². The van der Waals surface area contributed by atoms with Crippen LogP contribution in [-0.2, 0) is 24.2 Å². The number of rotatable bonds is 6. The summed E-state index contributed by atoms with van der Waals surface area (Å²) >= 11 is 0. The van der Waals surface area contributed by atoms with E-state index in [4.69, 9.17) is 5.10 Å². The van der Waals surface area contributed by atoms with Gasteiger partial charge in [0.05, 0.1) is 23.4 Å². The first-order valence-corrected chi connectivity index (χ1v) is 10.9. The molecule has 162 valence electrons. The molecule has 3 heterocycles. The zero-order valence-electron chi connectivity index (χ0n) is 17.6. The molecule has 0 radical (unpaired) electrons. The second-order valence-corrected chi connectivity index (χ2v) is 8.01. The van der Waals surface area contributed by atoms with Crippen LogP contribution < -0.4 is 5.32 Å². The zero-order valence-corrected chi connectivity index (χ0v) is 17.6. The molecule has 0 saturated heterocycles. The summed E-state index contributed by atoms with van der Waals surface area (Å²) in [5.41, 5.74) is 4.90. The summed E-state index contributed by atoms with van der Waals surface area (Å²) in [6.45, 7) is 0.587. The monoisotopic (exact) mass is 429 g/mol. The Hall–Kier alpha value is -3.81. The van der Waals surface area contributed by atoms with Crippen molar-refractivity contribution in [1.29, 1.82) is 0 Å². The van der Waals surface area contributed by atoms with E-state index in [1.165, 1.54) is 11.3 Å². The number of hydrogen-bond acceptors (Lipinski definition) is 5. The van der Waals surface area contributed by atoms with Gasteiger partial charge in [-0.3, -0.25) is 28.9 Å². The van der Waals surface area contributed by atoms with Gasteiger partial charge in [-0.1, -0.05) is 18.2 Å². The minimum atomic E-state index is -0.429. The number of nitrogens with zero attached hydrogens (tertiary/aromatic N) is 4. The van der Waals surface area contributed by atoms with Gasteiger partial charge < -0.3 is 5.32 Å². The highest BCUT2D eigenvalue weighted by molar-refractivity contribution is 6.22. The molecule has 8 nitrogen and oxygen atoms in total. The van der Waals surface area contributed by atoms with Crippen LogP contribution in [-0.4, -0.2) is 50.5 Å². The van der Waals surface area contributed by atoms with Crippen molar-refractivity contribution in [2.24, 2.45) is 0 Å². The van der Waals surface area contributed by atoms with Crippen molar-refractivity contribution in [1.82, 2.24) is 25.0 Å². The van der Waals surface area contributed by atoms with Crippen molar-refractivity contribution < 1.29 is 14.4 Å². The van der Waals surface area contributed by atoms with E-state index < -0.39 is 11.8 Å². The fourth-order valence-corrected chi connectivity index (χ4v) is 4.45. The minimum absolute atomic E-state index is 0.289. The summed E-state index contributed by atoms with van der Waals surface area (Å²) in [7, 11) is 0. The van der Waals surface area contributed by atoms with Crippen molar-refractivity contribution in [2.75, 3.05) is 13.1 Å². The lowest BCUT2D eigenvalue weighted by molar-refractivity contribution is -0.121. The lowest BCUT2D eigenvalue weighted by Crippen LogP contribution is -2.41. The molecule has 0 bridgehead atoms. The predicted molar refractivity (Wildman–Crippen MR) is 117 cm³/mol. The summed E-state index contributed by atoms with van der Waals surface area (Å²) in [5.74, 6) is -1.23. The molecule has 2 aliphatic rings. The Balaban J connectivity index is 1.24. The maximum atomic E-state index is 12.4. The number of benzene rings is 1. The second kappa shape index (κ2) is 8.37. The van der Waals surface area contributed by atoms with Crippen LogP contribution in [0, 0.1) is 0 Å². The standard InChI is InChI=1S/C24H23N5O3/c30-21(15-28-23(31)16-7-1-2-8-17(16)24(28)32)26-13-14-29-20-11-4-3-9-18(20)22(27-29)19-10-5-6-12-25-19/h1-2,5-8,10,12H,3-4,9,11,13-15H2,(H,26,30). The number of carbonyl (C=O) groups is 3. The lowest BCUT2D eigenvalue weighted by atomic mass is 9.95. The second-order valence-electron chi connectivity index (χ2n) is 8.01. The Kier molecular flexibility index (Phi) is 5.26. The lowest BCUT2D eigenvalue weighted by Gasteiger charge is -2.15. The Morgan fingerprint density at radius 3 is 2.41 bits per heavy atom. The number of carbonyl (C=O) groups excluding carboxylic acids is 3. The van der Waals surface area contributed by atoms with Crippen molar-refractivity contribution >= 4 is 17.7 Å². The predicted octanol–water partition coefficient (Wildman–Crippen LogP) is 2.24. The normalized spacial score (nSPS) is 14.9. The molecule has 32 heavy (non-hydrogen) atoms. The molecular formula is C24H23N5O3. The van der Waals surface area contributed by atoms with E-state index in [2.05, 4.69) is 10.3 Å². The van der Waals surface area contributed by atoms with E-state index in [9.17, 15) is 14.4 Å². The Morgan fingerprint density at radius 1 is 0.969 bits per heavy atom. The van der Waals surface area contributed by atoms with Gasteiger partial charge in [-0.25, -0.2) is 0 Å².